The van der Waals surface area contributed by atoms with E-state index in [2.05, 4.69) is 10.3 Å². The lowest BCUT2D eigenvalue weighted by molar-refractivity contribution is -0.118. The number of nitrogens with one attached hydrogen (secondary N) is 1. The van der Waals surface area contributed by atoms with E-state index in [0.29, 0.717) is 29.1 Å². The van der Waals surface area contributed by atoms with Gasteiger partial charge in [-0.05, 0) is 43.7 Å². The van der Waals surface area contributed by atoms with Gasteiger partial charge in [0.05, 0.1) is 35.9 Å². The van der Waals surface area contributed by atoms with Crippen molar-refractivity contribution in [2.24, 2.45) is 5.73 Å². The van der Waals surface area contributed by atoms with E-state index in [-0.39, 0.29) is 18.8 Å². The van der Waals surface area contributed by atoms with Crippen LogP contribution in [0.5, 0.6) is 5.75 Å². The Balaban J connectivity index is 1.76. The van der Waals surface area contributed by atoms with Gasteiger partial charge in [0.25, 0.3) is 5.56 Å². The number of benzene rings is 3. The van der Waals surface area contributed by atoms with Crippen molar-refractivity contribution < 1.29 is 14.3 Å². The molecule has 4 rings (SSSR count). The van der Waals surface area contributed by atoms with Crippen molar-refractivity contribution in [2.75, 3.05) is 11.9 Å². The highest BCUT2D eigenvalue weighted by atomic mass is 16.5. The highest BCUT2D eigenvalue weighted by Crippen LogP contribution is 2.27. The Morgan fingerprint density at radius 1 is 1.03 bits per heavy atom. The number of urea groups is 1. The van der Waals surface area contributed by atoms with Crippen molar-refractivity contribution in [1.82, 2.24) is 14.5 Å². The van der Waals surface area contributed by atoms with Gasteiger partial charge in [-0.25, -0.2) is 9.78 Å². The number of amides is 3. The Bertz CT molecular complexity index is 1470. The molecule has 9 nitrogen and oxygen atoms in total. The summed E-state index contributed by atoms with van der Waals surface area (Å²) in [7, 11) is 0. The monoisotopic (exact) mass is 499 g/mol. The Morgan fingerprint density at radius 3 is 2.43 bits per heavy atom. The first kappa shape index (κ1) is 25.4. The molecule has 1 aromatic heterocycles. The third kappa shape index (κ3) is 5.78. The highest BCUT2D eigenvalue weighted by molar-refractivity contribution is 5.91. The summed E-state index contributed by atoms with van der Waals surface area (Å²) in [5.74, 6) is -0.109. The number of nitrogens with zero attached hydrogens (tertiary/aromatic N) is 3. The van der Waals surface area contributed by atoms with Crippen LogP contribution in [0.2, 0.25) is 0 Å². The molecule has 4 aromatic rings. The SMILES string of the molecule is CCOc1ccccc1NC(=O)N(Cc1nc2ccccc2n(CC(N)=O)c1=O)C(C)c1ccccc1. The minimum Gasteiger partial charge on any atom is -0.492 e. The molecule has 37 heavy (non-hydrogen) atoms. The van der Waals surface area contributed by atoms with Gasteiger partial charge < -0.3 is 20.7 Å². The maximum Gasteiger partial charge on any atom is 0.322 e. The van der Waals surface area contributed by atoms with Crippen LogP contribution in [0.25, 0.3) is 11.0 Å². The third-order valence-electron chi connectivity index (χ3n) is 5.99. The van der Waals surface area contributed by atoms with Gasteiger partial charge in [0.2, 0.25) is 5.91 Å². The summed E-state index contributed by atoms with van der Waals surface area (Å²) >= 11 is 0. The Labute approximate surface area is 214 Å². The summed E-state index contributed by atoms with van der Waals surface area (Å²) in [4.78, 5) is 45.0. The van der Waals surface area contributed by atoms with Crippen LogP contribution in [0.1, 0.15) is 31.1 Å². The molecule has 3 amide bonds. The Kier molecular flexibility index (Phi) is 7.83. The van der Waals surface area contributed by atoms with Crippen molar-refractivity contribution in [2.45, 2.75) is 33.0 Å². The van der Waals surface area contributed by atoms with Crippen molar-refractivity contribution in [1.29, 1.82) is 0 Å². The summed E-state index contributed by atoms with van der Waals surface area (Å²) < 4.78 is 6.96. The topological polar surface area (TPSA) is 120 Å². The number of para-hydroxylation sites is 4. The van der Waals surface area contributed by atoms with E-state index >= 15 is 0 Å². The van der Waals surface area contributed by atoms with Gasteiger partial charge in [0, 0.05) is 0 Å². The van der Waals surface area contributed by atoms with Gasteiger partial charge in [-0.15, -0.1) is 0 Å². The fourth-order valence-electron chi connectivity index (χ4n) is 4.16. The number of rotatable bonds is 9. The minimum absolute atomic E-state index is 0.0961. The molecule has 0 spiro atoms. The lowest BCUT2D eigenvalue weighted by atomic mass is 10.1. The summed E-state index contributed by atoms with van der Waals surface area (Å²) in [6.07, 6.45) is 0. The van der Waals surface area contributed by atoms with Crippen LogP contribution in [-0.2, 0) is 17.9 Å². The minimum atomic E-state index is -0.649. The first-order valence-corrected chi connectivity index (χ1v) is 12.0. The fourth-order valence-corrected chi connectivity index (χ4v) is 4.16. The predicted molar refractivity (Wildman–Crippen MR) is 142 cm³/mol. The molecule has 0 bridgehead atoms. The van der Waals surface area contributed by atoms with E-state index in [1.54, 1.807) is 42.5 Å². The second-order valence-electron chi connectivity index (χ2n) is 8.48. The summed E-state index contributed by atoms with van der Waals surface area (Å²) in [6.45, 7) is 3.80. The maximum absolute atomic E-state index is 13.7. The molecule has 0 radical (unpaired) electrons. The van der Waals surface area contributed by atoms with Crippen LogP contribution in [0.15, 0.2) is 83.7 Å². The highest BCUT2D eigenvalue weighted by Gasteiger charge is 2.25. The standard InChI is InChI=1S/C28H29N5O4/c1-3-37-25-16-10-8-14-22(25)31-28(36)32(19(2)20-11-5-4-6-12-20)17-23-27(35)33(18-26(29)34)24-15-9-7-13-21(24)30-23/h4-16,19H,3,17-18H2,1-2H3,(H2,29,34)(H,31,36). The Morgan fingerprint density at radius 2 is 1.70 bits per heavy atom. The van der Waals surface area contributed by atoms with Crippen LogP contribution >= 0.6 is 0 Å². The number of hydrogen-bond donors (Lipinski definition) is 2. The number of primary amides is 1. The smallest absolute Gasteiger partial charge is 0.322 e. The van der Waals surface area contributed by atoms with E-state index < -0.39 is 23.5 Å². The van der Waals surface area contributed by atoms with Gasteiger partial charge in [0.1, 0.15) is 18.0 Å². The zero-order valence-corrected chi connectivity index (χ0v) is 20.8. The number of carbonyl (C=O) groups is 2. The van der Waals surface area contributed by atoms with E-state index in [1.165, 1.54) is 9.47 Å². The fraction of sp³-hybridized carbons (Fsp3) is 0.214. The molecule has 0 aliphatic heterocycles. The van der Waals surface area contributed by atoms with Gasteiger partial charge in [0.15, 0.2) is 0 Å². The summed E-state index contributed by atoms with van der Waals surface area (Å²) in [5, 5.41) is 2.92. The average Bonchev–Trinajstić information content (AvgIpc) is 2.90. The molecule has 0 saturated carbocycles. The molecule has 3 N–H and O–H groups in total. The lowest BCUT2D eigenvalue weighted by Gasteiger charge is -2.30. The van der Waals surface area contributed by atoms with Crippen LogP contribution in [0, 0.1) is 0 Å². The van der Waals surface area contributed by atoms with Crippen LogP contribution in [-0.4, -0.2) is 33.0 Å². The first-order valence-electron chi connectivity index (χ1n) is 12.0. The van der Waals surface area contributed by atoms with E-state index in [1.807, 2.05) is 50.2 Å². The zero-order chi connectivity index (χ0) is 26.4. The second kappa shape index (κ2) is 11.4. The molecule has 3 aromatic carbocycles. The van der Waals surface area contributed by atoms with E-state index in [4.69, 9.17) is 10.5 Å². The van der Waals surface area contributed by atoms with Crippen molar-refractivity contribution in [3.05, 3.63) is 100 Å². The van der Waals surface area contributed by atoms with Crippen LogP contribution in [0.3, 0.4) is 0 Å². The number of ether oxygens (including phenoxy) is 1. The number of hydrogen-bond acceptors (Lipinski definition) is 5. The third-order valence-corrected chi connectivity index (χ3v) is 5.99. The molecule has 0 aliphatic rings. The van der Waals surface area contributed by atoms with Crippen LogP contribution < -0.4 is 21.3 Å². The van der Waals surface area contributed by atoms with Crippen molar-refractivity contribution >= 4 is 28.7 Å². The maximum atomic E-state index is 13.7. The molecule has 0 saturated heterocycles. The van der Waals surface area contributed by atoms with Crippen molar-refractivity contribution in [3.63, 3.8) is 0 Å². The molecule has 190 valence electrons. The van der Waals surface area contributed by atoms with Gasteiger partial charge >= 0.3 is 6.03 Å². The van der Waals surface area contributed by atoms with Gasteiger partial charge in [-0.1, -0.05) is 54.6 Å². The molecular weight excluding hydrogens is 470 g/mol. The normalized spacial score (nSPS) is 11.6. The average molecular weight is 500 g/mol. The zero-order valence-electron chi connectivity index (χ0n) is 20.8. The second-order valence-corrected chi connectivity index (χ2v) is 8.48. The van der Waals surface area contributed by atoms with Gasteiger partial charge in [-0.2, -0.15) is 0 Å². The Hall–Kier alpha value is -4.66. The molecular formula is C28H29N5O4. The largest absolute Gasteiger partial charge is 0.492 e. The number of fused-ring (bicyclic) bond motifs is 1. The van der Waals surface area contributed by atoms with Gasteiger partial charge in [-0.3, -0.25) is 14.2 Å². The molecule has 0 fully saturated rings. The predicted octanol–water partition coefficient (Wildman–Crippen LogP) is 4.08. The van der Waals surface area contributed by atoms with E-state index in [0.717, 1.165) is 5.56 Å². The number of anilines is 1. The van der Waals surface area contributed by atoms with Crippen molar-refractivity contribution in [3.8, 4) is 5.75 Å². The molecule has 1 heterocycles. The quantitative estimate of drug-likeness (QED) is 0.360. The first-order chi connectivity index (χ1) is 17.9. The number of aromatic nitrogens is 2. The number of carbonyl (C=O) groups excluding carboxylic acids is 2. The van der Waals surface area contributed by atoms with E-state index in [9.17, 15) is 14.4 Å². The summed E-state index contributed by atoms with van der Waals surface area (Å²) in [6, 6.07) is 22.8. The molecule has 9 heteroatoms. The van der Waals surface area contributed by atoms with Crippen LogP contribution in [0.4, 0.5) is 10.5 Å². The molecule has 1 atom stereocenters. The number of nitrogens with two attached hydrogens (primary N) is 1. The lowest BCUT2D eigenvalue weighted by Crippen LogP contribution is -2.40. The molecule has 0 aliphatic carbocycles. The molecule has 1 unspecified atom stereocenters. The summed E-state index contributed by atoms with van der Waals surface area (Å²) in [5.41, 5.74) is 7.48.